The van der Waals surface area contributed by atoms with Gasteiger partial charge in [0.2, 0.25) is 0 Å². The molecule has 0 saturated carbocycles. The summed E-state index contributed by atoms with van der Waals surface area (Å²) >= 11 is 11.8. The van der Waals surface area contributed by atoms with Gasteiger partial charge in [-0.25, -0.2) is 0 Å². The lowest BCUT2D eigenvalue weighted by molar-refractivity contribution is 1.09. The van der Waals surface area contributed by atoms with Crippen molar-refractivity contribution in [2.24, 2.45) is 0 Å². The number of alkyl halides is 1. The van der Waals surface area contributed by atoms with Crippen LogP contribution in [0, 0.1) is 0 Å². The highest BCUT2D eigenvalue weighted by atomic mass is 35.5. The molecule has 3 aromatic rings. The van der Waals surface area contributed by atoms with Gasteiger partial charge in [-0.05, 0) is 35.7 Å². The zero-order valence-corrected chi connectivity index (χ0v) is 12.7. The number of pyridine rings is 1. The zero-order chi connectivity index (χ0) is 14.8. The molecule has 1 aromatic heterocycles. The van der Waals surface area contributed by atoms with Crippen molar-refractivity contribution in [1.82, 2.24) is 4.98 Å². The number of para-hydroxylation sites is 1. The summed E-state index contributed by atoms with van der Waals surface area (Å²) in [7, 11) is 0. The summed E-state index contributed by atoms with van der Waals surface area (Å²) in [5.74, 6) is 0.405. The molecule has 0 fully saturated rings. The molecule has 0 aliphatic rings. The molecule has 0 radical (unpaired) electrons. The third-order valence-electron chi connectivity index (χ3n) is 3.50. The normalized spacial score (nSPS) is 11.0. The van der Waals surface area contributed by atoms with Gasteiger partial charge < -0.3 is 4.98 Å². The van der Waals surface area contributed by atoms with Crippen LogP contribution < -0.4 is 5.56 Å². The molecule has 1 N–H and O–H groups in total. The molecule has 0 aliphatic heterocycles. The SMILES string of the molecule is O=c1[nH]c2ccccc2c(-c2ccc(Cl)cc2)c1CCCl. The van der Waals surface area contributed by atoms with Crippen LogP contribution in [-0.2, 0) is 6.42 Å². The van der Waals surface area contributed by atoms with Crippen molar-refractivity contribution >= 4 is 34.1 Å². The molecule has 3 rings (SSSR count). The van der Waals surface area contributed by atoms with Gasteiger partial charge in [-0.15, -0.1) is 11.6 Å². The van der Waals surface area contributed by atoms with Crippen LogP contribution in [0.25, 0.3) is 22.0 Å². The molecule has 0 amide bonds. The second-order valence-corrected chi connectivity index (χ2v) is 5.61. The van der Waals surface area contributed by atoms with E-state index in [1.54, 1.807) is 0 Å². The smallest absolute Gasteiger partial charge is 0.252 e. The number of benzene rings is 2. The topological polar surface area (TPSA) is 32.9 Å². The fraction of sp³-hybridized carbons (Fsp3) is 0.118. The number of hydrogen-bond acceptors (Lipinski definition) is 1. The summed E-state index contributed by atoms with van der Waals surface area (Å²) in [6.07, 6.45) is 0.527. The average Bonchev–Trinajstić information content (AvgIpc) is 2.49. The van der Waals surface area contributed by atoms with Crippen LogP contribution in [0.1, 0.15) is 5.56 Å². The quantitative estimate of drug-likeness (QED) is 0.702. The van der Waals surface area contributed by atoms with E-state index in [0.717, 1.165) is 22.0 Å². The lowest BCUT2D eigenvalue weighted by atomic mass is 9.95. The fourth-order valence-electron chi connectivity index (χ4n) is 2.56. The molecule has 4 heteroatoms. The van der Waals surface area contributed by atoms with E-state index in [1.807, 2.05) is 48.5 Å². The zero-order valence-electron chi connectivity index (χ0n) is 11.2. The number of hydrogen-bond donors (Lipinski definition) is 1. The first kappa shape index (κ1) is 14.2. The molecule has 1 heterocycles. The molecule has 0 aliphatic carbocycles. The highest BCUT2D eigenvalue weighted by molar-refractivity contribution is 6.30. The van der Waals surface area contributed by atoms with Crippen molar-refractivity contribution in [1.29, 1.82) is 0 Å². The maximum atomic E-state index is 12.3. The van der Waals surface area contributed by atoms with E-state index < -0.39 is 0 Å². The van der Waals surface area contributed by atoms with Crippen LogP contribution in [0.4, 0.5) is 0 Å². The molecule has 0 atom stereocenters. The predicted molar refractivity (Wildman–Crippen MR) is 89.4 cm³/mol. The number of aromatic nitrogens is 1. The summed E-state index contributed by atoms with van der Waals surface area (Å²) in [5, 5.41) is 1.69. The summed E-state index contributed by atoms with van der Waals surface area (Å²) < 4.78 is 0. The molecule has 2 aromatic carbocycles. The van der Waals surface area contributed by atoms with E-state index >= 15 is 0 Å². The monoisotopic (exact) mass is 317 g/mol. The van der Waals surface area contributed by atoms with Gasteiger partial charge >= 0.3 is 0 Å². The third kappa shape index (κ3) is 2.69. The van der Waals surface area contributed by atoms with E-state index in [9.17, 15) is 4.79 Å². The lowest BCUT2D eigenvalue weighted by Gasteiger charge is -2.12. The van der Waals surface area contributed by atoms with Crippen LogP contribution in [0.2, 0.25) is 5.02 Å². The largest absolute Gasteiger partial charge is 0.322 e. The van der Waals surface area contributed by atoms with Gasteiger partial charge in [-0.1, -0.05) is 41.9 Å². The average molecular weight is 318 g/mol. The van der Waals surface area contributed by atoms with Crippen molar-refractivity contribution in [3.63, 3.8) is 0 Å². The Balaban J connectivity index is 2.38. The number of H-pyrrole nitrogens is 1. The third-order valence-corrected chi connectivity index (χ3v) is 3.94. The predicted octanol–water partition coefficient (Wildman–Crippen LogP) is 4.63. The maximum absolute atomic E-state index is 12.3. The number of halogens is 2. The fourth-order valence-corrected chi connectivity index (χ4v) is 2.88. The molecule has 0 spiro atoms. The van der Waals surface area contributed by atoms with Gasteiger partial charge in [0.25, 0.3) is 5.56 Å². The summed E-state index contributed by atoms with van der Waals surface area (Å²) in [4.78, 5) is 15.3. The van der Waals surface area contributed by atoms with Crippen molar-refractivity contribution in [3.8, 4) is 11.1 Å². The molecule has 2 nitrogen and oxygen atoms in total. The van der Waals surface area contributed by atoms with E-state index in [0.29, 0.717) is 22.9 Å². The number of aromatic amines is 1. The van der Waals surface area contributed by atoms with Crippen LogP contribution in [0.15, 0.2) is 53.3 Å². The molecule has 0 bridgehead atoms. The molecular weight excluding hydrogens is 305 g/mol. The number of rotatable bonds is 3. The number of fused-ring (bicyclic) bond motifs is 1. The van der Waals surface area contributed by atoms with Gasteiger partial charge in [0.05, 0.1) is 0 Å². The Morgan fingerprint density at radius 3 is 2.43 bits per heavy atom. The van der Waals surface area contributed by atoms with E-state index in [2.05, 4.69) is 4.98 Å². The van der Waals surface area contributed by atoms with E-state index in [-0.39, 0.29) is 5.56 Å². The first-order chi connectivity index (χ1) is 10.2. The Morgan fingerprint density at radius 2 is 1.71 bits per heavy atom. The van der Waals surface area contributed by atoms with E-state index in [1.165, 1.54) is 0 Å². The maximum Gasteiger partial charge on any atom is 0.252 e. The van der Waals surface area contributed by atoms with E-state index in [4.69, 9.17) is 23.2 Å². The highest BCUT2D eigenvalue weighted by Gasteiger charge is 2.13. The minimum absolute atomic E-state index is 0.0840. The van der Waals surface area contributed by atoms with Gasteiger partial charge in [0.1, 0.15) is 0 Å². The van der Waals surface area contributed by atoms with Crippen LogP contribution in [0.5, 0.6) is 0 Å². The minimum atomic E-state index is -0.0840. The van der Waals surface area contributed by atoms with Gasteiger partial charge in [-0.2, -0.15) is 0 Å². The molecule has 0 unspecified atom stereocenters. The Hall–Kier alpha value is -1.77. The lowest BCUT2D eigenvalue weighted by Crippen LogP contribution is -2.15. The summed E-state index contributed by atoms with van der Waals surface area (Å²) in [6.45, 7) is 0. The molecular formula is C17H13Cl2NO. The van der Waals surface area contributed by atoms with Crippen LogP contribution >= 0.6 is 23.2 Å². The Labute approximate surface area is 132 Å². The highest BCUT2D eigenvalue weighted by Crippen LogP contribution is 2.30. The molecule has 106 valence electrons. The molecule has 0 saturated heterocycles. The van der Waals surface area contributed by atoms with Crippen molar-refractivity contribution in [2.75, 3.05) is 5.88 Å². The second-order valence-electron chi connectivity index (χ2n) is 4.80. The van der Waals surface area contributed by atoms with Crippen molar-refractivity contribution < 1.29 is 0 Å². The Bertz CT molecular complexity index is 838. The Kier molecular flexibility index (Phi) is 4.00. The number of nitrogens with one attached hydrogen (secondary N) is 1. The van der Waals surface area contributed by atoms with Gasteiger partial charge in [0.15, 0.2) is 0 Å². The van der Waals surface area contributed by atoms with Crippen molar-refractivity contribution in [3.05, 3.63) is 69.5 Å². The van der Waals surface area contributed by atoms with Crippen LogP contribution in [-0.4, -0.2) is 10.9 Å². The summed E-state index contributed by atoms with van der Waals surface area (Å²) in [6, 6.07) is 15.3. The van der Waals surface area contributed by atoms with Gasteiger partial charge in [0, 0.05) is 27.4 Å². The first-order valence-electron chi connectivity index (χ1n) is 6.66. The second kappa shape index (κ2) is 5.92. The summed E-state index contributed by atoms with van der Waals surface area (Å²) in [5.41, 5.74) is 3.37. The molecule has 21 heavy (non-hydrogen) atoms. The van der Waals surface area contributed by atoms with Crippen LogP contribution in [0.3, 0.4) is 0 Å². The van der Waals surface area contributed by atoms with Gasteiger partial charge in [-0.3, -0.25) is 4.79 Å². The van der Waals surface area contributed by atoms with Crippen molar-refractivity contribution in [2.45, 2.75) is 6.42 Å². The standard InChI is InChI=1S/C17H13Cl2NO/c18-10-9-14-16(11-5-7-12(19)8-6-11)13-3-1-2-4-15(13)20-17(14)21/h1-8H,9-10H2,(H,20,21). The minimum Gasteiger partial charge on any atom is -0.322 e. The first-order valence-corrected chi connectivity index (χ1v) is 7.58. The Morgan fingerprint density at radius 1 is 1.00 bits per heavy atom.